The van der Waals surface area contributed by atoms with Crippen LogP contribution in [-0.2, 0) is 6.42 Å². The van der Waals surface area contributed by atoms with Crippen LogP contribution < -0.4 is 0 Å². The Bertz CT molecular complexity index is 696. The van der Waals surface area contributed by atoms with Crippen LogP contribution in [0.15, 0.2) is 44.3 Å². The average Bonchev–Trinajstić information content (AvgIpc) is 2.48. The van der Waals surface area contributed by atoms with Crippen LogP contribution >= 0.6 is 31.9 Å². The topological polar surface area (TPSA) is 32.6 Å². The Balaban J connectivity index is 2.23. The molecule has 0 saturated carbocycles. The van der Waals surface area contributed by atoms with Gasteiger partial charge in [-0.3, -0.25) is 4.99 Å². The summed E-state index contributed by atoms with van der Waals surface area (Å²) in [6.45, 7) is 4.27. The maximum atomic E-state index is 10.1. The van der Waals surface area contributed by atoms with E-state index in [9.17, 15) is 5.11 Å². The van der Waals surface area contributed by atoms with Gasteiger partial charge in [-0.1, -0.05) is 41.4 Å². The molecule has 1 N–H and O–H groups in total. The van der Waals surface area contributed by atoms with Crippen molar-refractivity contribution in [1.82, 2.24) is 0 Å². The fourth-order valence-corrected chi connectivity index (χ4v) is 3.48. The van der Waals surface area contributed by atoms with Crippen LogP contribution in [0.4, 0.5) is 5.69 Å². The smallest absolute Gasteiger partial charge is 0.138 e. The van der Waals surface area contributed by atoms with Crippen molar-refractivity contribution in [2.24, 2.45) is 4.99 Å². The van der Waals surface area contributed by atoms with Gasteiger partial charge in [-0.05, 0) is 65.0 Å². The molecule has 0 heterocycles. The number of aliphatic imine (C=N–C) groups is 1. The highest BCUT2D eigenvalue weighted by Crippen LogP contribution is 2.31. The van der Waals surface area contributed by atoms with Crippen molar-refractivity contribution in [3.63, 3.8) is 0 Å². The molecule has 0 aromatic heterocycles. The van der Waals surface area contributed by atoms with E-state index >= 15 is 0 Å². The first kappa shape index (κ1) is 17.2. The molecule has 4 heteroatoms. The van der Waals surface area contributed by atoms with Crippen LogP contribution in [0.2, 0.25) is 0 Å². The van der Waals surface area contributed by atoms with Crippen LogP contribution in [0.3, 0.4) is 0 Å². The minimum absolute atomic E-state index is 0.198. The zero-order valence-electron chi connectivity index (χ0n) is 12.7. The van der Waals surface area contributed by atoms with Crippen LogP contribution in [0, 0.1) is 6.92 Å². The lowest BCUT2D eigenvalue weighted by Gasteiger charge is -2.06. The number of unbranched alkanes of at least 4 members (excludes halogenated alkanes) is 1. The molecule has 2 aromatic rings. The second kappa shape index (κ2) is 7.93. The number of benzene rings is 2. The summed E-state index contributed by atoms with van der Waals surface area (Å²) < 4.78 is 1.54. The fraction of sp³-hybridized carbons (Fsp3) is 0.278. The highest BCUT2D eigenvalue weighted by atomic mass is 79.9. The summed E-state index contributed by atoms with van der Waals surface area (Å²) in [5.41, 5.74) is 4.11. The van der Waals surface area contributed by atoms with Crippen molar-refractivity contribution in [2.75, 3.05) is 0 Å². The number of rotatable bonds is 5. The van der Waals surface area contributed by atoms with E-state index in [2.05, 4.69) is 62.8 Å². The molecule has 0 atom stereocenters. The molecule has 2 nitrogen and oxygen atoms in total. The van der Waals surface area contributed by atoms with E-state index in [0.29, 0.717) is 10.0 Å². The van der Waals surface area contributed by atoms with Gasteiger partial charge >= 0.3 is 0 Å². The Morgan fingerprint density at radius 2 is 1.95 bits per heavy atom. The Labute approximate surface area is 148 Å². The van der Waals surface area contributed by atoms with Gasteiger partial charge in [-0.25, -0.2) is 0 Å². The minimum atomic E-state index is 0.198. The standard InChI is InChI=1S/C18H19Br2NO/c1-3-4-5-13-6-7-17(12(2)8-13)21-11-14-9-15(19)10-16(20)18(14)22/h6-11,22H,3-5H2,1-2H3. The van der Waals surface area contributed by atoms with Crippen molar-refractivity contribution in [3.05, 3.63) is 56.0 Å². The van der Waals surface area contributed by atoms with Crippen LogP contribution in [0.5, 0.6) is 5.75 Å². The third-order valence-electron chi connectivity index (χ3n) is 3.48. The molecule has 0 unspecified atom stereocenters. The molecular weight excluding hydrogens is 406 g/mol. The van der Waals surface area contributed by atoms with Crippen molar-refractivity contribution < 1.29 is 5.11 Å². The monoisotopic (exact) mass is 423 g/mol. The highest BCUT2D eigenvalue weighted by molar-refractivity contribution is 9.11. The number of phenolic OH excluding ortho intramolecular Hbond substituents is 1. The van der Waals surface area contributed by atoms with E-state index in [1.807, 2.05) is 12.1 Å². The van der Waals surface area contributed by atoms with Gasteiger partial charge in [-0.2, -0.15) is 0 Å². The lowest BCUT2D eigenvalue weighted by Crippen LogP contribution is -1.87. The number of nitrogens with zero attached hydrogens (tertiary/aromatic N) is 1. The Hall–Kier alpha value is -1.13. The fourth-order valence-electron chi connectivity index (χ4n) is 2.22. The van der Waals surface area contributed by atoms with Crippen LogP contribution in [0.25, 0.3) is 0 Å². The first-order valence-corrected chi connectivity index (χ1v) is 8.91. The summed E-state index contributed by atoms with van der Waals surface area (Å²) in [6.07, 6.45) is 5.22. The lowest BCUT2D eigenvalue weighted by atomic mass is 10.0. The van der Waals surface area contributed by atoms with E-state index in [4.69, 9.17) is 0 Å². The average molecular weight is 425 g/mol. The third kappa shape index (κ3) is 4.43. The van der Waals surface area contributed by atoms with Crippen molar-refractivity contribution >= 4 is 43.8 Å². The predicted octanol–water partition coefficient (Wildman–Crippen LogP) is 6.32. The molecule has 0 aliphatic heterocycles. The second-order valence-corrected chi connectivity index (χ2v) is 7.08. The number of hydrogen-bond acceptors (Lipinski definition) is 2. The van der Waals surface area contributed by atoms with E-state index in [0.717, 1.165) is 22.1 Å². The molecule has 0 radical (unpaired) electrons. The second-order valence-electron chi connectivity index (χ2n) is 5.31. The SMILES string of the molecule is CCCCc1ccc(N=Cc2cc(Br)cc(Br)c2O)c(C)c1. The first-order chi connectivity index (χ1) is 10.5. The van der Waals surface area contributed by atoms with Crippen LogP contribution in [0.1, 0.15) is 36.5 Å². The van der Waals surface area contributed by atoms with Crippen molar-refractivity contribution in [3.8, 4) is 5.75 Å². The van der Waals surface area contributed by atoms with E-state index in [1.54, 1.807) is 12.3 Å². The zero-order valence-corrected chi connectivity index (χ0v) is 15.9. The third-order valence-corrected chi connectivity index (χ3v) is 4.54. The van der Waals surface area contributed by atoms with Gasteiger partial charge in [-0.15, -0.1) is 0 Å². The Kier molecular flexibility index (Phi) is 6.21. The molecule has 2 aromatic carbocycles. The molecule has 0 aliphatic carbocycles. The summed E-state index contributed by atoms with van der Waals surface area (Å²) in [7, 11) is 0. The molecule has 0 fully saturated rings. The molecule has 22 heavy (non-hydrogen) atoms. The molecule has 2 rings (SSSR count). The van der Waals surface area contributed by atoms with E-state index < -0.39 is 0 Å². The molecule has 0 aliphatic rings. The maximum absolute atomic E-state index is 10.1. The number of phenols is 1. The summed E-state index contributed by atoms with van der Waals surface area (Å²) in [5, 5.41) is 10.1. The first-order valence-electron chi connectivity index (χ1n) is 7.33. The van der Waals surface area contributed by atoms with Gasteiger partial charge in [0, 0.05) is 16.3 Å². The van der Waals surface area contributed by atoms with Gasteiger partial charge < -0.3 is 5.11 Å². The van der Waals surface area contributed by atoms with Gasteiger partial charge in [0.05, 0.1) is 10.2 Å². The summed E-state index contributed by atoms with van der Waals surface area (Å²) in [6, 6.07) is 10.0. The number of halogens is 2. The molecule has 116 valence electrons. The largest absolute Gasteiger partial charge is 0.506 e. The quantitative estimate of drug-likeness (QED) is 0.559. The Morgan fingerprint density at radius 3 is 2.64 bits per heavy atom. The normalized spacial score (nSPS) is 11.3. The molecule has 0 saturated heterocycles. The van der Waals surface area contributed by atoms with Gasteiger partial charge in [0.15, 0.2) is 0 Å². The van der Waals surface area contributed by atoms with Crippen molar-refractivity contribution in [1.29, 1.82) is 0 Å². The van der Waals surface area contributed by atoms with Gasteiger partial charge in [0.1, 0.15) is 5.75 Å². The van der Waals surface area contributed by atoms with Gasteiger partial charge in [0.25, 0.3) is 0 Å². The number of hydrogen-bond donors (Lipinski definition) is 1. The summed E-state index contributed by atoms with van der Waals surface area (Å²) in [4.78, 5) is 4.51. The molecule has 0 spiro atoms. The number of aromatic hydroxyl groups is 1. The lowest BCUT2D eigenvalue weighted by molar-refractivity contribution is 0.471. The molecule has 0 amide bonds. The molecular formula is C18H19Br2NO. The van der Waals surface area contributed by atoms with E-state index in [-0.39, 0.29) is 5.75 Å². The Morgan fingerprint density at radius 1 is 1.18 bits per heavy atom. The highest BCUT2D eigenvalue weighted by Gasteiger charge is 2.06. The predicted molar refractivity (Wildman–Crippen MR) is 101 cm³/mol. The maximum Gasteiger partial charge on any atom is 0.138 e. The van der Waals surface area contributed by atoms with Crippen molar-refractivity contribution in [2.45, 2.75) is 33.1 Å². The summed E-state index contributed by atoms with van der Waals surface area (Å²) >= 11 is 6.75. The molecule has 0 bridgehead atoms. The minimum Gasteiger partial charge on any atom is -0.506 e. The number of aryl methyl sites for hydroxylation is 2. The van der Waals surface area contributed by atoms with Gasteiger partial charge in [0.2, 0.25) is 0 Å². The zero-order chi connectivity index (χ0) is 16.1. The summed E-state index contributed by atoms with van der Waals surface area (Å²) in [5.74, 6) is 0.198. The van der Waals surface area contributed by atoms with Crippen LogP contribution in [-0.4, -0.2) is 11.3 Å². The van der Waals surface area contributed by atoms with E-state index in [1.165, 1.54) is 18.4 Å².